The molecule has 0 fully saturated rings. The molecule has 1 aromatic rings. The number of aromatic nitrogens is 1. The van der Waals surface area contributed by atoms with Crippen LogP contribution in [-0.2, 0) is 4.79 Å². The van der Waals surface area contributed by atoms with Gasteiger partial charge < -0.3 is 4.52 Å². The van der Waals surface area contributed by atoms with E-state index in [1.54, 1.807) is 13.0 Å². The molecule has 4 nitrogen and oxygen atoms in total. The first-order valence-electron chi connectivity index (χ1n) is 2.46. The van der Waals surface area contributed by atoms with Crippen LogP contribution in [0.2, 0.25) is 0 Å². The molecule has 0 aromatic carbocycles. The van der Waals surface area contributed by atoms with E-state index in [-0.39, 0.29) is 0 Å². The Hall–Kier alpha value is -1.32. The molecule has 9 heavy (non-hydrogen) atoms. The predicted octanol–water partition coefficient (Wildman–Crippen LogP) is 0.551. The van der Waals surface area contributed by atoms with Gasteiger partial charge in [0.15, 0.2) is 0 Å². The highest BCUT2D eigenvalue weighted by Crippen LogP contribution is 2.05. The van der Waals surface area contributed by atoms with Crippen LogP contribution in [-0.4, -0.2) is 11.6 Å². The zero-order valence-electron chi connectivity index (χ0n) is 4.92. The van der Waals surface area contributed by atoms with Gasteiger partial charge in [-0.1, -0.05) is 5.16 Å². The highest BCUT2D eigenvalue weighted by molar-refractivity contribution is 5.67. The summed E-state index contributed by atoms with van der Waals surface area (Å²) in [6, 6.07) is 1.63. The fourth-order valence-electron chi connectivity index (χ4n) is 0.490. The summed E-state index contributed by atoms with van der Waals surface area (Å²) < 4.78 is 4.61. The third-order valence-electron chi connectivity index (χ3n) is 0.829. The van der Waals surface area contributed by atoms with Gasteiger partial charge in [-0.15, -0.1) is 0 Å². The Bertz CT molecular complexity index is 206. The van der Waals surface area contributed by atoms with Gasteiger partial charge in [0.25, 0.3) is 0 Å². The molecule has 48 valence electrons. The smallest absolute Gasteiger partial charge is 0.231 e. The first-order chi connectivity index (χ1) is 4.33. The lowest BCUT2D eigenvalue weighted by Crippen LogP contribution is -1.89. The Balaban J connectivity index is 2.72. The second-order valence-electron chi connectivity index (χ2n) is 1.59. The maximum Gasteiger partial charge on any atom is 0.231 e. The zero-order chi connectivity index (χ0) is 6.69. The summed E-state index contributed by atoms with van der Waals surface area (Å²) in [6.07, 6.45) is 0.542. The quantitative estimate of drug-likeness (QED) is 0.589. The second-order valence-corrected chi connectivity index (χ2v) is 1.59. The fraction of sp³-hybridized carbons (Fsp3) is 0.200. The van der Waals surface area contributed by atoms with Crippen molar-refractivity contribution in [2.24, 2.45) is 0 Å². The number of amides is 1. The van der Waals surface area contributed by atoms with Gasteiger partial charge in [-0.2, -0.15) is 0 Å². The third kappa shape index (κ3) is 1.28. The molecule has 4 heteroatoms. The number of anilines is 1. The van der Waals surface area contributed by atoms with E-state index in [2.05, 4.69) is 15.0 Å². The second kappa shape index (κ2) is 2.30. The first-order valence-corrected chi connectivity index (χ1v) is 2.46. The molecular weight excluding hydrogens is 120 g/mol. The Morgan fingerprint density at radius 1 is 1.89 bits per heavy atom. The average molecular weight is 126 g/mol. The number of rotatable bonds is 2. The van der Waals surface area contributed by atoms with Gasteiger partial charge in [-0.05, 0) is 6.92 Å². The van der Waals surface area contributed by atoms with E-state index >= 15 is 0 Å². The van der Waals surface area contributed by atoms with E-state index in [0.29, 0.717) is 12.3 Å². The van der Waals surface area contributed by atoms with Crippen molar-refractivity contribution in [1.82, 2.24) is 5.16 Å². The molecule has 0 unspecified atom stereocenters. The SMILES string of the molecule is Cc1cc(NC=O)on1. The average Bonchev–Trinajstić information content (AvgIpc) is 2.17. The first kappa shape index (κ1) is 5.81. The van der Waals surface area contributed by atoms with Crippen LogP contribution in [0.1, 0.15) is 5.69 Å². The third-order valence-corrected chi connectivity index (χ3v) is 0.829. The van der Waals surface area contributed by atoms with Crippen LogP contribution in [0.5, 0.6) is 0 Å². The summed E-state index contributed by atoms with van der Waals surface area (Å²) in [4.78, 5) is 9.78. The van der Waals surface area contributed by atoms with Crippen molar-refractivity contribution in [3.8, 4) is 0 Å². The number of hydrogen-bond acceptors (Lipinski definition) is 3. The van der Waals surface area contributed by atoms with Crippen molar-refractivity contribution in [1.29, 1.82) is 0 Å². The summed E-state index contributed by atoms with van der Waals surface area (Å²) in [6.45, 7) is 1.78. The molecule has 0 spiro atoms. The molecule has 0 radical (unpaired) electrons. The molecule has 0 bridgehead atoms. The Labute approximate surface area is 51.8 Å². The number of nitrogens with one attached hydrogen (secondary N) is 1. The van der Waals surface area contributed by atoms with Gasteiger partial charge in [-0.3, -0.25) is 10.1 Å². The molecule has 0 aliphatic carbocycles. The van der Waals surface area contributed by atoms with Crippen LogP contribution >= 0.6 is 0 Å². The predicted molar refractivity (Wildman–Crippen MR) is 30.9 cm³/mol. The van der Waals surface area contributed by atoms with E-state index in [0.717, 1.165) is 5.69 Å². The molecule has 0 saturated carbocycles. The molecule has 1 amide bonds. The van der Waals surface area contributed by atoms with Gasteiger partial charge in [0.1, 0.15) is 0 Å². The van der Waals surface area contributed by atoms with E-state index in [4.69, 9.17) is 0 Å². The summed E-state index contributed by atoms with van der Waals surface area (Å²) in [5.41, 5.74) is 0.749. The lowest BCUT2D eigenvalue weighted by atomic mass is 10.5. The minimum atomic E-state index is 0.377. The van der Waals surface area contributed by atoms with E-state index in [1.807, 2.05) is 0 Å². The standard InChI is InChI=1S/C5H6N2O2/c1-4-2-5(6-3-8)9-7-4/h2-3H,1H3,(H,6,8). The minimum absolute atomic E-state index is 0.377. The van der Waals surface area contributed by atoms with Crippen LogP contribution in [0.25, 0.3) is 0 Å². The molecule has 1 heterocycles. The molecule has 0 aliphatic heterocycles. The molecule has 1 rings (SSSR count). The van der Waals surface area contributed by atoms with Gasteiger partial charge in [0, 0.05) is 6.07 Å². The van der Waals surface area contributed by atoms with Gasteiger partial charge in [0.2, 0.25) is 12.3 Å². The molecular formula is C5H6N2O2. The van der Waals surface area contributed by atoms with Crippen LogP contribution in [0.4, 0.5) is 5.88 Å². The summed E-state index contributed by atoms with van der Waals surface area (Å²) in [7, 11) is 0. The van der Waals surface area contributed by atoms with Crippen LogP contribution in [0.15, 0.2) is 10.6 Å². The summed E-state index contributed by atoms with van der Waals surface area (Å²) in [5, 5.41) is 5.86. The van der Waals surface area contributed by atoms with Gasteiger partial charge in [0.05, 0.1) is 5.69 Å². The molecule has 1 aromatic heterocycles. The lowest BCUT2D eigenvalue weighted by Gasteiger charge is -1.82. The van der Waals surface area contributed by atoms with Crippen LogP contribution < -0.4 is 5.32 Å². The summed E-state index contributed by atoms with van der Waals surface area (Å²) in [5.74, 6) is 0.377. The van der Waals surface area contributed by atoms with E-state index in [1.165, 1.54) is 0 Å². The minimum Gasteiger partial charge on any atom is -0.338 e. The van der Waals surface area contributed by atoms with Gasteiger partial charge in [-0.25, -0.2) is 0 Å². The van der Waals surface area contributed by atoms with Crippen molar-refractivity contribution in [3.63, 3.8) is 0 Å². The molecule has 0 saturated heterocycles. The summed E-state index contributed by atoms with van der Waals surface area (Å²) >= 11 is 0. The van der Waals surface area contributed by atoms with Crippen LogP contribution in [0, 0.1) is 6.92 Å². The van der Waals surface area contributed by atoms with Crippen molar-refractivity contribution in [3.05, 3.63) is 11.8 Å². The number of aryl methyl sites for hydroxylation is 1. The van der Waals surface area contributed by atoms with Crippen molar-refractivity contribution in [2.75, 3.05) is 5.32 Å². The molecule has 0 atom stereocenters. The lowest BCUT2D eigenvalue weighted by molar-refractivity contribution is -0.105. The van der Waals surface area contributed by atoms with E-state index < -0.39 is 0 Å². The maximum absolute atomic E-state index is 9.78. The van der Waals surface area contributed by atoms with Gasteiger partial charge >= 0.3 is 0 Å². The monoisotopic (exact) mass is 126 g/mol. The Morgan fingerprint density at radius 2 is 2.67 bits per heavy atom. The van der Waals surface area contributed by atoms with Crippen molar-refractivity contribution < 1.29 is 9.32 Å². The highest BCUT2D eigenvalue weighted by atomic mass is 16.5. The molecule has 1 N–H and O–H groups in total. The maximum atomic E-state index is 9.78. The van der Waals surface area contributed by atoms with Crippen molar-refractivity contribution >= 4 is 12.3 Å². The number of carbonyl (C=O) groups is 1. The fourth-order valence-corrected chi connectivity index (χ4v) is 0.490. The highest BCUT2D eigenvalue weighted by Gasteiger charge is 1.95. The number of nitrogens with zero attached hydrogens (tertiary/aromatic N) is 1. The van der Waals surface area contributed by atoms with E-state index in [9.17, 15) is 4.79 Å². The number of carbonyl (C=O) groups excluding carboxylic acids is 1. The number of hydrogen-bond donors (Lipinski definition) is 1. The largest absolute Gasteiger partial charge is 0.338 e. The Kier molecular flexibility index (Phi) is 1.48. The topological polar surface area (TPSA) is 55.1 Å². The normalized spacial score (nSPS) is 9.00. The van der Waals surface area contributed by atoms with Crippen molar-refractivity contribution in [2.45, 2.75) is 6.92 Å². The van der Waals surface area contributed by atoms with Crippen LogP contribution in [0.3, 0.4) is 0 Å². The zero-order valence-corrected chi connectivity index (χ0v) is 4.92. The molecule has 0 aliphatic rings. The Morgan fingerprint density at radius 3 is 3.11 bits per heavy atom.